The van der Waals surface area contributed by atoms with Crippen molar-refractivity contribution < 1.29 is 13.9 Å². The highest BCUT2D eigenvalue weighted by molar-refractivity contribution is 6.29. The zero-order chi connectivity index (χ0) is 18.6. The maximum Gasteiger partial charge on any atom is 0.283 e. The summed E-state index contributed by atoms with van der Waals surface area (Å²) in [5, 5.41) is 0.309. The van der Waals surface area contributed by atoms with Crippen molar-refractivity contribution in [1.29, 1.82) is 0 Å². The summed E-state index contributed by atoms with van der Waals surface area (Å²) in [5.74, 6) is 0.574. The fourth-order valence-electron chi connectivity index (χ4n) is 3.46. The summed E-state index contributed by atoms with van der Waals surface area (Å²) in [7, 11) is 0. The van der Waals surface area contributed by atoms with E-state index in [0.29, 0.717) is 27.9 Å². The molecule has 0 unspecified atom stereocenters. The van der Waals surface area contributed by atoms with E-state index in [0.717, 1.165) is 11.1 Å². The van der Waals surface area contributed by atoms with Gasteiger partial charge in [-0.15, -0.1) is 0 Å². The summed E-state index contributed by atoms with van der Waals surface area (Å²) in [6.07, 6.45) is 1.55. The number of hydrogen-bond donors (Lipinski definition) is 1. The quantitative estimate of drug-likeness (QED) is 0.650. The zero-order valence-electron chi connectivity index (χ0n) is 13.8. The van der Waals surface area contributed by atoms with Gasteiger partial charge in [-0.3, -0.25) is 0 Å². The summed E-state index contributed by atoms with van der Waals surface area (Å²) >= 11 is 6.11. The first kappa shape index (κ1) is 16.0. The van der Waals surface area contributed by atoms with Crippen LogP contribution in [0.4, 0.5) is 4.39 Å². The first-order valence-corrected chi connectivity index (χ1v) is 8.52. The third-order valence-electron chi connectivity index (χ3n) is 4.67. The number of aromatic nitrogens is 2. The summed E-state index contributed by atoms with van der Waals surface area (Å²) in [6, 6.07) is 11.9. The van der Waals surface area contributed by atoms with Gasteiger partial charge in [-0.2, -0.15) is 4.39 Å². The number of amidine groups is 1. The lowest BCUT2D eigenvalue weighted by Gasteiger charge is -2.33. The molecule has 2 aliphatic rings. The van der Waals surface area contributed by atoms with E-state index in [1.54, 1.807) is 30.5 Å². The monoisotopic (exact) mass is 382 g/mol. The number of fused-ring (bicyclic) bond motifs is 4. The highest BCUT2D eigenvalue weighted by atomic mass is 35.5. The maximum atomic E-state index is 13.6. The van der Waals surface area contributed by atoms with Gasteiger partial charge >= 0.3 is 0 Å². The standard InChI is InChI=1S/C19H12ClFN4O2/c20-16-7-12-15(8-23-16)27-14-5-4-10(13-2-1-3-17(21)24-13)6-11(14)19(12)9-26-18(22)25-19/h1-8H,9H2,(H2,22,25)/t19-/m0/s1. The molecule has 0 saturated heterocycles. The molecule has 1 atom stereocenters. The lowest BCUT2D eigenvalue weighted by molar-refractivity contribution is 0.264. The van der Waals surface area contributed by atoms with Gasteiger partial charge in [0.25, 0.3) is 6.02 Å². The largest absolute Gasteiger partial charge is 0.462 e. The molecule has 5 rings (SSSR count). The molecule has 4 heterocycles. The molecule has 0 radical (unpaired) electrons. The van der Waals surface area contributed by atoms with E-state index in [2.05, 4.69) is 15.0 Å². The van der Waals surface area contributed by atoms with E-state index < -0.39 is 11.5 Å². The molecular weight excluding hydrogens is 371 g/mol. The fraction of sp³-hybridized carbons (Fsp3) is 0.105. The summed E-state index contributed by atoms with van der Waals surface area (Å²) in [5.41, 5.74) is 7.59. The van der Waals surface area contributed by atoms with Crippen LogP contribution in [0.2, 0.25) is 5.15 Å². The van der Waals surface area contributed by atoms with Crippen molar-refractivity contribution >= 4 is 17.6 Å². The SMILES string of the molecule is NC1=N[C@@]2(CO1)c1cc(-c3cccc(F)n3)ccc1Oc1cnc(Cl)cc12. The normalized spacial score (nSPS) is 19.7. The van der Waals surface area contributed by atoms with E-state index in [4.69, 9.17) is 26.8 Å². The van der Waals surface area contributed by atoms with Crippen LogP contribution in [-0.2, 0) is 10.3 Å². The molecule has 1 spiro atoms. The van der Waals surface area contributed by atoms with Crippen LogP contribution in [0.25, 0.3) is 11.3 Å². The van der Waals surface area contributed by atoms with Gasteiger partial charge in [-0.1, -0.05) is 17.7 Å². The lowest BCUT2D eigenvalue weighted by atomic mass is 9.81. The molecule has 2 N–H and O–H groups in total. The summed E-state index contributed by atoms with van der Waals surface area (Å²) in [6.45, 7) is 0.197. The highest BCUT2D eigenvalue weighted by Gasteiger charge is 2.47. The van der Waals surface area contributed by atoms with E-state index >= 15 is 0 Å². The molecule has 0 fully saturated rings. The molecule has 0 aliphatic carbocycles. The molecule has 3 aromatic rings. The van der Waals surface area contributed by atoms with Crippen LogP contribution in [0.3, 0.4) is 0 Å². The number of hydrogen-bond acceptors (Lipinski definition) is 6. The van der Waals surface area contributed by atoms with Crippen LogP contribution in [-0.4, -0.2) is 22.6 Å². The van der Waals surface area contributed by atoms with Crippen molar-refractivity contribution in [2.45, 2.75) is 5.54 Å². The Hall–Kier alpha value is -3.19. The minimum Gasteiger partial charge on any atom is -0.462 e. The lowest BCUT2D eigenvalue weighted by Crippen LogP contribution is -2.31. The minimum atomic E-state index is -0.914. The number of benzene rings is 1. The average molecular weight is 383 g/mol. The van der Waals surface area contributed by atoms with E-state index in [9.17, 15) is 4.39 Å². The summed E-state index contributed by atoms with van der Waals surface area (Å²) in [4.78, 5) is 12.6. The van der Waals surface area contributed by atoms with Crippen LogP contribution in [0, 0.1) is 5.95 Å². The molecule has 27 heavy (non-hydrogen) atoms. The first-order valence-electron chi connectivity index (χ1n) is 8.15. The minimum absolute atomic E-state index is 0.0796. The van der Waals surface area contributed by atoms with Crippen molar-refractivity contribution in [2.24, 2.45) is 10.7 Å². The second-order valence-electron chi connectivity index (χ2n) is 6.26. The van der Waals surface area contributed by atoms with Gasteiger partial charge in [-0.05, 0) is 36.4 Å². The van der Waals surface area contributed by atoms with Crippen molar-refractivity contribution in [1.82, 2.24) is 9.97 Å². The van der Waals surface area contributed by atoms with Crippen LogP contribution in [0.1, 0.15) is 11.1 Å². The molecule has 0 amide bonds. The third-order valence-corrected chi connectivity index (χ3v) is 4.87. The van der Waals surface area contributed by atoms with Gasteiger partial charge in [0.05, 0.1) is 11.9 Å². The smallest absolute Gasteiger partial charge is 0.283 e. The average Bonchev–Trinajstić information content (AvgIpc) is 3.05. The Balaban J connectivity index is 1.75. The second-order valence-corrected chi connectivity index (χ2v) is 6.65. The van der Waals surface area contributed by atoms with Gasteiger partial charge < -0.3 is 15.2 Å². The summed E-state index contributed by atoms with van der Waals surface area (Å²) < 4.78 is 25.0. The zero-order valence-corrected chi connectivity index (χ0v) is 14.6. The molecule has 8 heteroatoms. The third kappa shape index (κ3) is 2.43. The Morgan fingerprint density at radius 3 is 2.74 bits per heavy atom. The van der Waals surface area contributed by atoms with Crippen molar-refractivity contribution in [3.8, 4) is 22.8 Å². The molecule has 2 aromatic heterocycles. The molecule has 134 valence electrons. The van der Waals surface area contributed by atoms with Gasteiger partial charge in [-0.25, -0.2) is 15.0 Å². The number of aliphatic imine (C=N–C) groups is 1. The number of rotatable bonds is 1. The van der Waals surface area contributed by atoms with E-state index in [1.165, 1.54) is 6.07 Å². The Labute approximate surface area is 158 Å². The number of pyridine rings is 2. The van der Waals surface area contributed by atoms with E-state index in [1.807, 2.05) is 12.1 Å². The maximum absolute atomic E-state index is 13.6. The predicted octanol–water partition coefficient (Wildman–Crippen LogP) is 3.63. The van der Waals surface area contributed by atoms with Gasteiger partial charge in [0.15, 0.2) is 11.3 Å². The highest BCUT2D eigenvalue weighted by Crippen LogP contribution is 2.51. The van der Waals surface area contributed by atoms with Gasteiger partial charge in [0.2, 0.25) is 5.95 Å². The van der Waals surface area contributed by atoms with Gasteiger partial charge in [0, 0.05) is 16.7 Å². The molecular formula is C19H12ClFN4O2. The van der Waals surface area contributed by atoms with Crippen LogP contribution >= 0.6 is 11.6 Å². The van der Waals surface area contributed by atoms with Crippen molar-refractivity contribution in [2.75, 3.05) is 6.61 Å². The van der Waals surface area contributed by atoms with Crippen LogP contribution in [0.5, 0.6) is 11.5 Å². The van der Waals surface area contributed by atoms with Crippen LogP contribution < -0.4 is 10.5 Å². The molecule has 6 nitrogen and oxygen atoms in total. The molecule has 0 bridgehead atoms. The Morgan fingerprint density at radius 2 is 1.96 bits per heavy atom. The van der Waals surface area contributed by atoms with Gasteiger partial charge in [0.1, 0.15) is 17.5 Å². The fourth-order valence-corrected chi connectivity index (χ4v) is 3.62. The number of nitrogens with zero attached hydrogens (tertiary/aromatic N) is 3. The first-order chi connectivity index (χ1) is 13.0. The number of nitrogens with two attached hydrogens (primary N) is 1. The second kappa shape index (κ2) is 5.65. The topological polar surface area (TPSA) is 82.6 Å². The molecule has 2 aliphatic heterocycles. The molecule has 0 saturated carbocycles. The molecule has 1 aromatic carbocycles. The Bertz CT molecular complexity index is 1120. The van der Waals surface area contributed by atoms with Crippen molar-refractivity contribution in [3.05, 3.63) is 70.9 Å². The number of ether oxygens (including phenoxy) is 2. The Kier molecular flexibility index (Phi) is 3.35. The van der Waals surface area contributed by atoms with Crippen LogP contribution in [0.15, 0.2) is 53.7 Å². The number of halogens is 2. The predicted molar refractivity (Wildman–Crippen MR) is 97.3 cm³/mol. The van der Waals surface area contributed by atoms with Crippen molar-refractivity contribution in [3.63, 3.8) is 0 Å². The Morgan fingerprint density at radius 1 is 1.11 bits per heavy atom. The van der Waals surface area contributed by atoms with E-state index in [-0.39, 0.29) is 12.6 Å².